The van der Waals surface area contributed by atoms with E-state index < -0.39 is 23.7 Å². The van der Waals surface area contributed by atoms with Gasteiger partial charge in [-0.3, -0.25) is 24.5 Å². The van der Waals surface area contributed by atoms with E-state index >= 15 is 4.39 Å². The van der Waals surface area contributed by atoms with E-state index in [2.05, 4.69) is 5.32 Å². The fraction of sp³-hybridized carbons (Fsp3) is 0.333. The van der Waals surface area contributed by atoms with Gasteiger partial charge < -0.3 is 14.7 Å². The van der Waals surface area contributed by atoms with Crippen molar-refractivity contribution in [1.82, 2.24) is 15.1 Å². The number of rotatable bonds is 3. The number of piperazine rings is 1. The molecule has 0 aliphatic carbocycles. The third-order valence-corrected chi connectivity index (χ3v) is 6.52. The van der Waals surface area contributed by atoms with Crippen molar-refractivity contribution in [3.8, 4) is 0 Å². The number of amides is 4. The van der Waals surface area contributed by atoms with Gasteiger partial charge in [0.1, 0.15) is 11.9 Å². The smallest absolute Gasteiger partial charge is 0.255 e. The Hall–Kier alpha value is -3.75. The van der Waals surface area contributed by atoms with Crippen molar-refractivity contribution in [2.24, 2.45) is 0 Å². The predicted molar refractivity (Wildman–Crippen MR) is 117 cm³/mol. The summed E-state index contributed by atoms with van der Waals surface area (Å²) >= 11 is 0. The lowest BCUT2D eigenvalue weighted by Crippen LogP contribution is -2.52. The maximum Gasteiger partial charge on any atom is 0.255 e. The van der Waals surface area contributed by atoms with Gasteiger partial charge in [0.2, 0.25) is 11.8 Å². The quantitative estimate of drug-likeness (QED) is 0.717. The molecule has 0 bridgehead atoms. The number of fused-ring (bicyclic) bond motifs is 1. The van der Waals surface area contributed by atoms with Crippen LogP contribution in [-0.2, 0) is 16.1 Å². The molecule has 2 aromatic rings. The Kier molecular flexibility index (Phi) is 5.32. The first kappa shape index (κ1) is 21.1. The number of imide groups is 1. The van der Waals surface area contributed by atoms with E-state index in [1.807, 2.05) is 23.1 Å². The van der Waals surface area contributed by atoms with E-state index in [-0.39, 0.29) is 36.8 Å². The van der Waals surface area contributed by atoms with Gasteiger partial charge in [-0.25, -0.2) is 4.39 Å². The van der Waals surface area contributed by atoms with Crippen molar-refractivity contribution in [1.29, 1.82) is 0 Å². The molecule has 170 valence electrons. The first-order valence-electron chi connectivity index (χ1n) is 11.0. The SMILES string of the molecule is O=C1CCC(N2Cc3cc(N4CCN(C(=O)c5ccccc5)CC4)c(F)cc3C2=O)C(=O)N1. The molecule has 1 atom stereocenters. The molecule has 1 N–H and O–H groups in total. The molecule has 1 unspecified atom stereocenters. The molecule has 0 aromatic heterocycles. The zero-order chi connectivity index (χ0) is 23.1. The second-order valence-electron chi connectivity index (χ2n) is 8.51. The van der Waals surface area contributed by atoms with Crippen molar-refractivity contribution in [3.63, 3.8) is 0 Å². The average molecular weight is 450 g/mol. The number of halogens is 1. The van der Waals surface area contributed by atoms with Crippen LogP contribution in [0.25, 0.3) is 0 Å². The Morgan fingerprint density at radius 2 is 1.73 bits per heavy atom. The van der Waals surface area contributed by atoms with Crippen LogP contribution in [0.3, 0.4) is 0 Å². The maximum absolute atomic E-state index is 15.0. The third-order valence-electron chi connectivity index (χ3n) is 6.52. The Morgan fingerprint density at radius 3 is 2.42 bits per heavy atom. The van der Waals surface area contributed by atoms with E-state index in [1.54, 1.807) is 23.1 Å². The minimum absolute atomic E-state index is 0.0462. The molecule has 33 heavy (non-hydrogen) atoms. The molecule has 5 rings (SSSR count). The number of hydrogen-bond donors (Lipinski definition) is 1. The lowest BCUT2D eigenvalue weighted by atomic mass is 10.0. The van der Waals surface area contributed by atoms with E-state index in [4.69, 9.17) is 0 Å². The van der Waals surface area contributed by atoms with Gasteiger partial charge in [-0.15, -0.1) is 0 Å². The maximum atomic E-state index is 15.0. The number of nitrogens with one attached hydrogen (secondary N) is 1. The average Bonchev–Trinajstić information content (AvgIpc) is 3.14. The lowest BCUT2D eigenvalue weighted by Gasteiger charge is -2.36. The molecule has 9 heteroatoms. The standard InChI is InChI=1S/C24H23FN4O4/c25-18-13-17-16(14-29(24(17)33)19-6-7-21(30)26-22(19)31)12-20(18)27-8-10-28(11-9-27)23(32)15-4-2-1-3-5-15/h1-5,12-13,19H,6-11,14H2,(H,26,30,31). The molecule has 0 saturated carbocycles. The first-order valence-corrected chi connectivity index (χ1v) is 11.0. The molecule has 0 spiro atoms. The molecule has 2 aromatic carbocycles. The zero-order valence-corrected chi connectivity index (χ0v) is 17.9. The van der Waals surface area contributed by atoms with Gasteiger partial charge in [-0.05, 0) is 36.2 Å². The van der Waals surface area contributed by atoms with Crippen LogP contribution in [0.5, 0.6) is 0 Å². The van der Waals surface area contributed by atoms with Crippen LogP contribution < -0.4 is 10.2 Å². The largest absolute Gasteiger partial charge is 0.366 e. The molecular formula is C24H23FN4O4. The van der Waals surface area contributed by atoms with Crippen molar-refractivity contribution in [3.05, 3.63) is 65.0 Å². The summed E-state index contributed by atoms with van der Waals surface area (Å²) in [4.78, 5) is 54.2. The monoisotopic (exact) mass is 450 g/mol. The number of carbonyl (C=O) groups excluding carboxylic acids is 4. The van der Waals surface area contributed by atoms with Crippen LogP contribution in [0.2, 0.25) is 0 Å². The van der Waals surface area contributed by atoms with Gasteiger partial charge in [0.25, 0.3) is 11.8 Å². The van der Waals surface area contributed by atoms with Crippen LogP contribution in [0.4, 0.5) is 10.1 Å². The predicted octanol–water partition coefficient (Wildman–Crippen LogP) is 1.55. The second kappa shape index (κ2) is 8.31. The number of piperidine rings is 1. The summed E-state index contributed by atoms with van der Waals surface area (Å²) in [5.41, 5.74) is 1.92. The Balaban J connectivity index is 1.29. The van der Waals surface area contributed by atoms with Crippen molar-refractivity contribution >= 4 is 29.3 Å². The first-order chi connectivity index (χ1) is 15.9. The molecule has 0 radical (unpaired) electrons. The molecular weight excluding hydrogens is 427 g/mol. The summed E-state index contributed by atoms with van der Waals surface area (Å²) in [6.07, 6.45) is 0.430. The molecule has 3 aliphatic heterocycles. The van der Waals surface area contributed by atoms with E-state index in [0.29, 0.717) is 43.0 Å². The molecule has 8 nitrogen and oxygen atoms in total. The highest BCUT2D eigenvalue weighted by molar-refractivity contribution is 6.05. The summed E-state index contributed by atoms with van der Waals surface area (Å²) in [6.45, 7) is 2.06. The van der Waals surface area contributed by atoms with Gasteiger partial charge in [0, 0.05) is 50.3 Å². The summed E-state index contributed by atoms with van der Waals surface area (Å²) in [5.74, 6) is -1.79. The van der Waals surface area contributed by atoms with Crippen LogP contribution in [0.1, 0.15) is 39.1 Å². The topological polar surface area (TPSA) is 90.0 Å². The minimum Gasteiger partial charge on any atom is -0.366 e. The molecule has 3 aliphatic rings. The van der Waals surface area contributed by atoms with Crippen molar-refractivity contribution in [2.75, 3.05) is 31.1 Å². The van der Waals surface area contributed by atoms with E-state index in [1.165, 1.54) is 11.0 Å². The normalized spacial score (nSPS) is 20.7. The number of benzene rings is 2. The molecule has 2 fully saturated rings. The summed E-state index contributed by atoms with van der Waals surface area (Å²) in [7, 11) is 0. The molecule has 4 amide bonds. The number of nitrogens with zero attached hydrogens (tertiary/aromatic N) is 3. The van der Waals surface area contributed by atoms with Gasteiger partial charge in [-0.2, -0.15) is 0 Å². The summed E-state index contributed by atoms with van der Waals surface area (Å²) < 4.78 is 15.0. The van der Waals surface area contributed by atoms with Crippen molar-refractivity contribution in [2.45, 2.75) is 25.4 Å². The number of hydrogen-bond acceptors (Lipinski definition) is 5. The lowest BCUT2D eigenvalue weighted by molar-refractivity contribution is -0.136. The fourth-order valence-corrected chi connectivity index (χ4v) is 4.73. The third kappa shape index (κ3) is 3.83. The van der Waals surface area contributed by atoms with Crippen LogP contribution >= 0.6 is 0 Å². The van der Waals surface area contributed by atoms with Gasteiger partial charge in [-0.1, -0.05) is 18.2 Å². The van der Waals surface area contributed by atoms with Crippen LogP contribution in [-0.4, -0.2) is 65.6 Å². The Labute approximate surface area is 189 Å². The van der Waals surface area contributed by atoms with Gasteiger partial charge >= 0.3 is 0 Å². The second-order valence-corrected chi connectivity index (χ2v) is 8.51. The Bertz CT molecular complexity index is 1140. The molecule has 2 saturated heterocycles. The molecule has 3 heterocycles. The number of carbonyl (C=O) groups is 4. The van der Waals surface area contributed by atoms with E-state index in [9.17, 15) is 19.2 Å². The minimum atomic E-state index is -0.735. The van der Waals surface area contributed by atoms with Gasteiger partial charge in [0.15, 0.2) is 0 Å². The fourth-order valence-electron chi connectivity index (χ4n) is 4.73. The highest BCUT2D eigenvalue weighted by Crippen LogP contribution is 2.33. The van der Waals surface area contributed by atoms with Gasteiger partial charge in [0.05, 0.1) is 5.69 Å². The van der Waals surface area contributed by atoms with E-state index in [0.717, 1.165) is 0 Å². The van der Waals surface area contributed by atoms with Crippen LogP contribution in [0.15, 0.2) is 42.5 Å². The number of anilines is 1. The van der Waals surface area contributed by atoms with Crippen molar-refractivity contribution < 1.29 is 23.6 Å². The highest BCUT2D eigenvalue weighted by atomic mass is 19.1. The summed E-state index contributed by atoms with van der Waals surface area (Å²) in [5, 5.41) is 2.27. The zero-order valence-electron chi connectivity index (χ0n) is 17.9. The highest BCUT2D eigenvalue weighted by Gasteiger charge is 2.40. The van der Waals surface area contributed by atoms with Crippen LogP contribution in [0, 0.1) is 5.82 Å². The summed E-state index contributed by atoms with van der Waals surface area (Å²) in [6, 6.07) is 11.2. The Morgan fingerprint density at radius 1 is 1.00 bits per heavy atom.